The van der Waals surface area contributed by atoms with Gasteiger partial charge in [-0.3, -0.25) is 5.01 Å². The Balaban J connectivity index is 2.00. The first-order chi connectivity index (χ1) is 9.71. The van der Waals surface area contributed by atoms with Crippen LogP contribution in [-0.4, -0.2) is 17.2 Å². The van der Waals surface area contributed by atoms with Crippen LogP contribution < -0.4 is 16.1 Å². The SMILES string of the molecule is CN1NC2(NC1=S)c1ccccc1Nc1ccccc12. The van der Waals surface area contributed by atoms with E-state index in [-0.39, 0.29) is 0 Å². The van der Waals surface area contributed by atoms with Gasteiger partial charge >= 0.3 is 0 Å². The molecule has 0 aliphatic carbocycles. The summed E-state index contributed by atoms with van der Waals surface area (Å²) < 4.78 is 0. The molecule has 0 amide bonds. The van der Waals surface area contributed by atoms with E-state index in [1.807, 2.05) is 36.3 Å². The lowest BCUT2D eigenvalue weighted by Crippen LogP contribution is -2.50. The van der Waals surface area contributed by atoms with E-state index in [0.29, 0.717) is 5.11 Å². The maximum atomic E-state index is 5.39. The summed E-state index contributed by atoms with van der Waals surface area (Å²) in [5, 5.41) is 9.46. The number of rotatable bonds is 0. The maximum absolute atomic E-state index is 5.39. The standard InChI is InChI=1S/C15H14N4S/c1-19-14(20)17-15(18-19)10-6-2-4-8-12(10)16-13-9-5-3-7-11(13)15/h2-9,16,18H,1H3,(H,17,20). The van der Waals surface area contributed by atoms with Crippen molar-refractivity contribution in [2.75, 3.05) is 12.4 Å². The van der Waals surface area contributed by atoms with Gasteiger partial charge in [0.2, 0.25) is 0 Å². The van der Waals surface area contributed by atoms with Gasteiger partial charge in [-0.05, 0) is 24.4 Å². The van der Waals surface area contributed by atoms with E-state index in [0.717, 1.165) is 22.5 Å². The molecule has 0 atom stereocenters. The predicted octanol–water partition coefficient (Wildman–Crippen LogP) is 2.27. The lowest BCUT2D eigenvalue weighted by atomic mass is 9.86. The number of fused-ring (bicyclic) bond motifs is 4. The summed E-state index contributed by atoms with van der Waals surface area (Å²) in [7, 11) is 1.93. The van der Waals surface area contributed by atoms with E-state index in [9.17, 15) is 0 Å². The molecule has 2 aliphatic heterocycles. The van der Waals surface area contributed by atoms with Crippen LogP contribution in [0.3, 0.4) is 0 Å². The van der Waals surface area contributed by atoms with E-state index in [4.69, 9.17) is 12.2 Å². The number of nitrogens with zero attached hydrogens (tertiary/aromatic N) is 1. The average Bonchev–Trinajstić information content (AvgIpc) is 2.76. The minimum atomic E-state index is -0.496. The molecule has 0 bridgehead atoms. The highest BCUT2D eigenvalue weighted by Crippen LogP contribution is 2.43. The fourth-order valence-electron chi connectivity index (χ4n) is 2.96. The molecule has 0 saturated carbocycles. The third kappa shape index (κ3) is 1.42. The van der Waals surface area contributed by atoms with E-state index >= 15 is 0 Å². The Morgan fingerprint density at radius 3 is 2.00 bits per heavy atom. The topological polar surface area (TPSA) is 39.3 Å². The monoisotopic (exact) mass is 282 g/mol. The molecule has 3 N–H and O–H groups in total. The first-order valence-corrected chi connectivity index (χ1v) is 6.91. The van der Waals surface area contributed by atoms with Gasteiger partial charge < -0.3 is 10.6 Å². The molecular formula is C15H14N4S. The zero-order valence-corrected chi connectivity index (χ0v) is 11.8. The largest absolute Gasteiger partial charge is 0.355 e. The van der Waals surface area contributed by atoms with Crippen LogP contribution in [0.4, 0.5) is 11.4 Å². The summed E-state index contributed by atoms with van der Waals surface area (Å²) in [6.07, 6.45) is 0. The number of thiocarbonyl (C=S) groups is 1. The number of hydrogen-bond acceptors (Lipinski definition) is 3. The van der Waals surface area contributed by atoms with Crippen molar-refractivity contribution in [1.29, 1.82) is 0 Å². The Bertz CT molecular complexity index is 667. The second-order valence-corrected chi connectivity index (χ2v) is 5.45. The molecule has 100 valence electrons. The molecule has 4 rings (SSSR count). The molecule has 2 aliphatic rings. The number of para-hydroxylation sites is 2. The van der Waals surface area contributed by atoms with Crippen LogP contribution in [0.2, 0.25) is 0 Å². The first-order valence-electron chi connectivity index (χ1n) is 6.50. The zero-order valence-electron chi connectivity index (χ0n) is 11.0. The quantitative estimate of drug-likeness (QED) is 0.647. The van der Waals surface area contributed by atoms with Crippen molar-refractivity contribution in [3.05, 3.63) is 59.7 Å². The molecule has 2 heterocycles. The van der Waals surface area contributed by atoms with Crippen molar-refractivity contribution in [1.82, 2.24) is 15.8 Å². The van der Waals surface area contributed by atoms with Crippen molar-refractivity contribution in [2.24, 2.45) is 0 Å². The first kappa shape index (κ1) is 11.7. The summed E-state index contributed by atoms with van der Waals surface area (Å²) in [5.41, 5.74) is 7.44. The van der Waals surface area contributed by atoms with Gasteiger partial charge in [-0.25, -0.2) is 0 Å². The third-order valence-electron chi connectivity index (χ3n) is 3.87. The highest BCUT2D eigenvalue weighted by Gasteiger charge is 2.46. The van der Waals surface area contributed by atoms with Crippen molar-refractivity contribution < 1.29 is 0 Å². The Labute approximate surface area is 122 Å². The summed E-state index contributed by atoms with van der Waals surface area (Å²) in [6, 6.07) is 16.5. The second kappa shape index (κ2) is 3.94. The van der Waals surface area contributed by atoms with Gasteiger partial charge in [-0.2, -0.15) is 5.43 Å². The Morgan fingerprint density at radius 1 is 0.950 bits per heavy atom. The molecule has 4 nitrogen and oxygen atoms in total. The van der Waals surface area contributed by atoms with Gasteiger partial charge in [0.15, 0.2) is 10.8 Å². The van der Waals surface area contributed by atoms with Gasteiger partial charge in [-0.15, -0.1) is 0 Å². The van der Waals surface area contributed by atoms with Crippen LogP contribution in [0.25, 0.3) is 0 Å². The predicted molar refractivity (Wildman–Crippen MR) is 83.6 cm³/mol. The number of anilines is 2. The van der Waals surface area contributed by atoms with Crippen molar-refractivity contribution >= 4 is 28.7 Å². The summed E-state index contributed by atoms with van der Waals surface area (Å²) in [5.74, 6) is 0. The lowest BCUT2D eigenvalue weighted by Gasteiger charge is -2.37. The molecule has 1 saturated heterocycles. The van der Waals surface area contributed by atoms with Crippen molar-refractivity contribution in [3.8, 4) is 0 Å². The highest BCUT2D eigenvalue weighted by molar-refractivity contribution is 7.80. The molecule has 0 unspecified atom stereocenters. The number of hydrogen-bond donors (Lipinski definition) is 3. The molecular weight excluding hydrogens is 268 g/mol. The Morgan fingerprint density at radius 2 is 1.50 bits per heavy atom. The van der Waals surface area contributed by atoms with Crippen LogP contribution in [0.1, 0.15) is 11.1 Å². The molecule has 2 aromatic rings. The van der Waals surface area contributed by atoms with Gasteiger partial charge in [0.25, 0.3) is 0 Å². The van der Waals surface area contributed by atoms with Gasteiger partial charge in [0.1, 0.15) is 0 Å². The minimum absolute atomic E-state index is 0.496. The molecule has 0 aromatic heterocycles. The summed E-state index contributed by atoms with van der Waals surface area (Å²) in [4.78, 5) is 0. The van der Waals surface area contributed by atoms with E-state index < -0.39 is 5.66 Å². The molecule has 1 fully saturated rings. The number of hydrazine groups is 1. The van der Waals surface area contributed by atoms with E-state index in [2.05, 4.69) is 40.3 Å². The number of benzene rings is 2. The smallest absolute Gasteiger partial charge is 0.185 e. The fourth-order valence-corrected chi connectivity index (χ4v) is 3.16. The van der Waals surface area contributed by atoms with Gasteiger partial charge in [0, 0.05) is 29.5 Å². The molecule has 2 aromatic carbocycles. The van der Waals surface area contributed by atoms with Crippen LogP contribution in [0, 0.1) is 0 Å². The van der Waals surface area contributed by atoms with E-state index in [1.165, 1.54) is 0 Å². The van der Waals surface area contributed by atoms with Gasteiger partial charge in [0.05, 0.1) is 0 Å². The van der Waals surface area contributed by atoms with Crippen LogP contribution in [-0.2, 0) is 5.66 Å². The van der Waals surface area contributed by atoms with Gasteiger partial charge in [-0.1, -0.05) is 36.4 Å². The Hall–Kier alpha value is -2.11. The second-order valence-electron chi connectivity index (χ2n) is 5.07. The minimum Gasteiger partial charge on any atom is -0.355 e. The summed E-state index contributed by atoms with van der Waals surface area (Å²) in [6.45, 7) is 0. The normalized spacial score (nSPS) is 18.2. The zero-order chi connectivity index (χ0) is 13.7. The molecule has 0 radical (unpaired) electrons. The Kier molecular flexibility index (Phi) is 2.31. The lowest BCUT2D eigenvalue weighted by molar-refractivity contribution is 0.288. The molecule has 20 heavy (non-hydrogen) atoms. The number of nitrogens with one attached hydrogen (secondary N) is 3. The molecule has 1 spiro atoms. The highest BCUT2D eigenvalue weighted by atomic mass is 32.1. The fraction of sp³-hybridized carbons (Fsp3) is 0.133. The summed E-state index contributed by atoms with van der Waals surface area (Å²) >= 11 is 5.39. The van der Waals surface area contributed by atoms with Crippen LogP contribution in [0.15, 0.2) is 48.5 Å². The van der Waals surface area contributed by atoms with Crippen LogP contribution in [0.5, 0.6) is 0 Å². The van der Waals surface area contributed by atoms with Crippen molar-refractivity contribution in [2.45, 2.75) is 5.66 Å². The van der Waals surface area contributed by atoms with Crippen molar-refractivity contribution in [3.63, 3.8) is 0 Å². The molecule has 5 heteroatoms. The average molecular weight is 282 g/mol. The maximum Gasteiger partial charge on any atom is 0.185 e. The third-order valence-corrected chi connectivity index (χ3v) is 4.24. The van der Waals surface area contributed by atoms with E-state index in [1.54, 1.807) is 0 Å². The van der Waals surface area contributed by atoms with Crippen LogP contribution >= 0.6 is 12.2 Å².